The quantitative estimate of drug-likeness (QED) is 0.625. The molecular formula is C13H22N2O3S. The lowest BCUT2D eigenvalue weighted by Gasteiger charge is -2.22. The number of hydrogen-bond acceptors (Lipinski definition) is 6. The predicted molar refractivity (Wildman–Crippen MR) is 76.0 cm³/mol. The number of thioether (sulfide) groups is 1. The Bertz CT molecular complexity index is 371. The first kappa shape index (κ1) is 16.2. The minimum absolute atomic E-state index is 0.00301. The van der Waals surface area contributed by atoms with Gasteiger partial charge in [-0.2, -0.15) is 4.98 Å². The molecule has 1 aliphatic rings. The molecule has 2 heterocycles. The average molecular weight is 286 g/mol. The second-order valence-electron chi connectivity index (χ2n) is 3.71. The Hall–Kier alpha value is -0.850. The highest BCUT2D eigenvalue weighted by Crippen LogP contribution is 2.16. The Morgan fingerprint density at radius 2 is 2.16 bits per heavy atom. The van der Waals surface area contributed by atoms with Crippen LogP contribution in [0.1, 0.15) is 19.5 Å². The smallest absolute Gasteiger partial charge is 0.217 e. The van der Waals surface area contributed by atoms with Gasteiger partial charge < -0.3 is 14.2 Å². The topological polar surface area (TPSA) is 53.5 Å². The first-order valence-electron chi connectivity index (χ1n) is 6.50. The average Bonchev–Trinajstić information content (AvgIpc) is 2.48. The first-order chi connectivity index (χ1) is 9.28. The maximum absolute atomic E-state index is 5.60. The molecule has 5 nitrogen and oxygen atoms in total. The molecule has 19 heavy (non-hydrogen) atoms. The fourth-order valence-electron chi connectivity index (χ4n) is 1.49. The van der Waals surface area contributed by atoms with E-state index in [9.17, 15) is 0 Å². The van der Waals surface area contributed by atoms with Gasteiger partial charge in [0.1, 0.15) is 12.7 Å². The van der Waals surface area contributed by atoms with Crippen LogP contribution in [0.3, 0.4) is 0 Å². The number of ether oxygens (including phenoxy) is 3. The number of aryl methyl sites for hydroxylation is 1. The van der Waals surface area contributed by atoms with Crippen LogP contribution in [0.2, 0.25) is 0 Å². The van der Waals surface area contributed by atoms with E-state index in [4.69, 9.17) is 14.2 Å². The van der Waals surface area contributed by atoms with Crippen molar-refractivity contribution in [2.45, 2.75) is 32.0 Å². The number of rotatable bonds is 4. The molecule has 1 aromatic rings. The minimum atomic E-state index is -0.00301. The minimum Gasteiger partial charge on any atom is -0.475 e. The Kier molecular flexibility index (Phi) is 7.78. The van der Waals surface area contributed by atoms with E-state index in [1.165, 1.54) is 11.8 Å². The summed E-state index contributed by atoms with van der Waals surface area (Å²) in [6.07, 6.45) is 1.94. The van der Waals surface area contributed by atoms with Crippen LogP contribution in [0.15, 0.2) is 11.2 Å². The largest absolute Gasteiger partial charge is 0.475 e. The highest BCUT2D eigenvalue weighted by atomic mass is 32.2. The van der Waals surface area contributed by atoms with Gasteiger partial charge in [-0.15, -0.1) is 0 Å². The summed E-state index contributed by atoms with van der Waals surface area (Å²) < 4.78 is 16.4. The van der Waals surface area contributed by atoms with Crippen LogP contribution in [0, 0.1) is 6.92 Å². The van der Waals surface area contributed by atoms with Gasteiger partial charge in [0, 0.05) is 11.8 Å². The first-order valence-corrected chi connectivity index (χ1v) is 7.72. The number of nitrogens with zero attached hydrogens (tertiary/aromatic N) is 2. The second-order valence-corrected chi connectivity index (χ2v) is 4.49. The van der Waals surface area contributed by atoms with Crippen molar-refractivity contribution >= 4 is 11.8 Å². The summed E-state index contributed by atoms with van der Waals surface area (Å²) in [7, 11) is 0. The van der Waals surface area contributed by atoms with Crippen LogP contribution in [0.25, 0.3) is 0 Å². The van der Waals surface area contributed by atoms with Gasteiger partial charge >= 0.3 is 0 Å². The molecule has 0 saturated carbocycles. The summed E-state index contributed by atoms with van der Waals surface area (Å²) in [4.78, 5) is 8.53. The molecule has 0 amide bonds. The highest BCUT2D eigenvalue weighted by Gasteiger charge is 2.15. The lowest BCUT2D eigenvalue weighted by Crippen LogP contribution is -2.33. The zero-order valence-corrected chi connectivity index (χ0v) is 12.8. The van der Waals surface area contributed by atoms with Gasteiger partial charge in [-0.05, 0) is 13.2 Å². The Morgan fingerprint density at radius 1 is 1.37 bits per heavy atom. The molecule has 0 aromatic carbocycles. The van der Waals surface area contributed by atoms with Crippen LogP contribution < -0.4 is 4.74 Å². The van der Waals surface area contributed by atoms with Crippen molar-refractivity contribution in [3.8, 4) is 5.88 Å². The van der Waals surface area contributed by atoms with E-state index in [2.05, 4.69) is 9.97 Å². The van der Waals surface area contributed by atoms with Gasteiger partial charge in [0.15, 0.2) is 5.16 Å². The molecule has 1 saturated heterocycles. The lowest BCUT2D eigenvalue weighted by atomic mass is 10.4. The zero-order chi connectivity index (χ0) is 14.1. The molecule has 0 radical (unpaired) electrons. The fraction of sp³-hybridized carbons (Fsp3) is 0.692. The molecule has 0 aliphatic carbocycles. The van der Waals surface area contributed by atoms with Crippen molar-refractivity contribution in [3.63, 3.8) is 0 Å². The molecule has 1 aliphatic heterocycles. The van der Waals surface area contributed by atoms with E-state index < -0.39 is 0 Å². The van der Waals surface area contributed by atoms with Gasteiger partial charge in [-0.1, -0.05) is 25.6 Å². The molecule has 108 valence electrons. The molecule has 1 unspecified atom stereocenters. The molecule has 1 fully saturated rings. The SMILES string of the molecule is CC.CSc1nc(C)cc(OCC2COCCO2)n1. The van der Waals surface area contributed by atoms with E-state index in [-0.39, 0.29) is 6.10 Å². The third kappa shape index (κ3) is 5.76. The molecule has 0 spiro atoms. The van der Waals surface area contributed by atoms with Crippen molar-refractivity contribution in [1.82, 2.24) is 9.97 Å². The van der Waals surface area contributed by atoms with E-state index >= 15 is 0 Å². The van der Waals surface area contributed by atoms with Crippen molar-refractivity contribution in [2.75, 3.05) is 32.7 Å². The molecular weight excluding hydrogens is 264 g/mol. The molecule has 1 aromatic heterocycles. The Balaban J connectivity index is 0.000000861. The third-order valence-electron chi connectivity index (χ3n) is 2.29. The van der Waals surface area contributed by atoms with Crippen LogP contribution in [0.4, 0.5) is 0 Å². The summed E-state index contributed by atoms with van der Waals surface area (Å²) >= 11 is 1.50. The van der Waals surface area contributed by atoms with E-state index in [0.29, 0.717) is 32.3 Å². The lowest BCUT2D eigenvalue weighted by molar-refractivity contribution is -0.102. The normalized spacial score (nSPS) is 18.4. The van der Waals surface area contributed by atoms with Crippen molar-refractivity contribution in [3.05, 3.63) is 11.8 Å². The monoisotopic (exact) mass is 286 g/mol. The summed E-state index contributed by atoms with van der Waals surface area (Å²) in [5.74, 6) is 0.594. The summed E-state index contributed by atoms with van der Waals surface area (Å²) in [5, 5.41) is 0.723. The summed E-state index contributed by atoms with van der Waals surface area (Å²) in [6, 6.07) is 1.82. The van der Waals surface area contributed by atoms with Gasteiger partial charge in [-0.25, -0.2) is 4.98 Å². The Morgan fingerprint density at radius 3 is 2.79 bits per heavy atom. The van der Waals surface area contributed by atoms with Gasteiger partial charge in [0.05, 0.1) is 19.8 Å². The van der Waals surface area contributed by atoms with Crippen molar-refractivity contribution < 1.29 is 14.2 Å². The second kappa shape index (κ2) is 9.12. The Labute approximate surface area is 119 Å². The van der Waals surface area contributed by atoms with Crippen LogP contribution in [-0.2, 0) is 9.47 Å². The van der Waals surface area contributed by atoms with Gasteiger partial charge in [0.2, 0.25) is 5.88 Å². The molecule has 1 atom stereocenters. The fourth-order valence-corrected chi connectivity index (χ4v) is 1.91. The number of hydrogen-bond donors (Lipinski definition) is 0. The molecule has 6 heteroatoms. The van der Waals surface area contributed by atoms with Gasteiger partial charge in [-0.3, -0.25) is 0 Å². The van der Waals surface area contributed by atoms with Crippen LogP contribution >= 0.6 is 11.8 Å². The maximum Gasteiger partial charge on any atom is 0.217 e. The van der Waals surface area contributed by atoms with E-state index in [1.807, 2.05) is 33.1 Å². The summed E-state index contributed by atoms with van der Waals surface area (Å²) in [5.41, 5.74) is 0.903. The van der Waals surface area contributed by atoms with Crippen molar-refractivity contribution in [2.24, 2.45) is 0 Å². The number of aromatic nitrogens is 2. The zero-order valence-electron chi connectivity index (χ0n) is 12.0. The molecule has 0 N–H and O–H groups in total. The van der Waals surface area contributed by atoms with Crippen LogP contribution in [0.5, 0.6) is 5.88 Å². The highest BCUT2D eigenvalue weighted by molar-refractivity contribution is 7.98. The predicted octanol–water partition coefficient (Wildman–Crippen LogP) is 2.33. The molecule has 0 bridgehead atoms. The van der Waals surface area contributed by atoms with Crippen LogP contribution in [-0.4, -0.2) is 48.8 Å². The standard InChI is InChI=1S/C11H16N2O3S.C2H6/c1-8-5-10(13-11(12-8)17-2)16-7-9-6-14-3-4-15-9;1-2/h5,9H,3-4,6-7H2,1-2H3;1-2H3. The van der Waals surface area contributed by atoms with Gasteiger partial charge in [0.25, 0.3) is 0 Å². The van der Waals surface area contributed by atoms with E-state index in [1.54, 1.807) is 0 Å². The molecule has 2 rings (SSSR count). The summed E-state index contributed by atoms with van der Waals surface area (Å²) in [6.45, 7) is 8.27. The van der Waals surface area contributed by atoms with E-state index in [0.717, 1.165) is 10.9 Å². The maximum atomic E-state index is 5.60. The van der Waals surface area contributed by atoms with Crippen molar-refractivity contribution in [1.29, 1.82) is 0 Å². The third-order valence-corrected chi connectivity index (χ3v) is 2.84.